The highest BCUT2D eigenvalue weighted by atomic mass is 16.5. The molecule has 6 nitrogen and oxygen atoms in total. The Morgan fingerprint density at radius 2 is 1.63 bits per heavy atom. The van der Waals surface area contributed by atoms with Gasteiger partial charge in [-0.2, -0.15) is 0 Å². The maximum absolute atomic E-state index is 12.0. The van der Waals surface area contributed by atoms with E-state index in [-0.39, 0.29) is 24.4 Å². The molecular weight excluding hydrogens is 382 g/mol. The largest absolute Gasteiger partial charge is 0.497 e. The van der Waals surface area contributed by atoms with Gasteiger partial charge in [0.25, 0.3) is 0 Å². The number of carbonyl (C=O) groups is 2. The molecule has 0 saturated carbocycles. The summed E-state index contributed by atoms with van der Waals surface area (Å²) in [4.78, 5) is 24.0. The van der Waals surface area contributed by atoms with Crippen molar-refractivity contribution in [3.05, 3.63) is 71.8 Å². The maximum Gasteiger partial charge on any atom is 0.338 e. The Balaban J connectivity index is 1.90. The zero-order valence-electron chi connectivity index (χ0n) is 17.3. The van der Waals surface area contributed by atoms with Gasteiger partial charge in [-0.15, -0.1) is 0 Å². The van der Waals surface area contributed by atoms with Crippen molar-refractivity contribution in [3.8, 4) is 5.75 Å². The molecule has 6 heteroatoms. The van der Waals surface area contributed by atoms with Crippen molar-refractivity contribution < 1.29 is 23.8 Å². The van der Waals surface area contributed by atoms with Crippen LogP contribution in [0.15, 0.2) is 60.7 Å². The molecule has 30 heavy (non-hydrogen) atoms. The summed E-state index contributed by atoms with van der Waals surface area (Å²) in [5.41, 5.74) is 2.31. The first kappa shape index (κ1) is 21.2. The Morgan fingerprint density at radius 3 is 2.30 bits per heavy atom. The van der Waals surface area contributed by atoms with Crippen LogP contribution in [0.4, 0.5) is 5.69 Å². The van der Waals surface area contributed by atoms with Gasteiger partial charge in [-0.25, -0.2) is 4.79 Å². The molecule has 3 aromatic rings. The summed E-state index contributed by atoms with van der Waals surface area (Å²) in [6, 6.07) is 18.6. The Bertz CT molecular complexity index is 1030. The van der Waals surface area contributed by atoms with Crippen LogP contribution in [0.2, 0.25) is 0 Å². The van der Waals surface area contributed by atoms with E-state index in [1.807, 2.05) is 54.6 Å². The topological polar surface area (TPSA) is 73.9 Å². The van der Waals surface area contributed by atoms with Gasteiger partial charge in [0.2, 0.25) is 0 Å². The van der Waals surface area contributed by atoms with Crippen molar-refractivity contribution in [2.24, 2.45) is 0 Å². The summed E-state index contributed by atoms with van der Waals surface area (Å²) >= 11 is 0. The van der Waals surface area contributed by atoms with Crippen molar-refractivity contribution in [2.75, 3.05) is 26.1 Å². The summed E-state index contributed by atoms with van der Waals surface area (Å²) in [6.07, 6.45) is 0.176. The quantitative estimate of drug-likeness (QED) is 0.544. The van der Waals surface area contributed by atoms with Crippen molar-refractivity contribution in [3.63, 3.8) is 0 Å². The van der Waals surface area contributed by atoms with Crippen molar-refractivity contribution in [2.45, 2.75) is 19.4 Å². The molecule has 0 bridgehead atoms. The molecule has 3 rings (SSSR count). The summed E-state index contributed by atoms with van der Waals surface area (Å²) in [6.45, 7) is 2.12. The average molecular weight is 407 g/mol. The van der Waals surface area contributed by atoms with E-state index in [2.05, 4.69) is 5.32 Å². The van der Waals surface area contributed by atoms with Crippen LogP contribution in [-0.4, -0.2) is 32.8 Å². The average Bonchev–Trinajstić information content (AvgIpc) is 2.78. The van der Waals surface area contributed by atoms with Gasteiger partial charge in [0.15, 0.2) is 0 Å². The molecule has 0 aliphatic rings. The third kappa shape index (κ3) is 5.08. The zero-order valence-corrected chi connectivity index (χ0v) is 17.3. The van der Waals surface area contributed by atoms with Crippen LogP contribution >= 0.6 is 0 Å². The third-order valence-electron chi connectivity index (χ3n) is 4.81. The molecule has 0 spiro atoms. The zero-order chi connectivity index (χ0) is 21.5. The minimum Gasteiger partial charge on any atom is -0.497 e. The van der Waals surface area contributed by atoms with Crippen LogP contribution in [0, 0.1) is 0 Å². The fraction of sp³-hybridized carbons (Fsp3) is 0.250. The fourth-order valence-corrected chi connectivity index (χ4v) is 3.21. The van der Waals surface area contributed by atoms with Crippen LogP contribution in [0.1, 0.15) is 35.3 Å². The number of anilines is 1. The SMILES string of the molecule is CCOC(=O)c1ccc2cc(C(CC(=O)OC)Nc3ccc(OC)cc3)ccc2c1. The molecule has 1 unspecified atom stereocenters. The molecule has 1 atom stereocenters. The number of methoxy groups -OCH3 is 2. The molecule has 0 aliphatic carbocycles. The molecule has 0 aromatic heterocycles. The highest BCUT2D eigenvalue weighted by molar-refractivity contribution is 5.95. The van der Waals surface area contributed by atoms with Crippen molar-refractivity contribution in [1.82, 2.24) is 0 Å². The number of benzene rings is 3. The molecule has 0 fully saturated rings. The van der Waals surface area contributed by atoms with Crippen molar-refractivity contribution >= 4 is 28.4 Å². The first-order valence-electron chi connectivity index (χ1n) is 9.72. The molecule has 0 amide bonds. The Kier molecular flexibility index (Phi) is 6.91. The number of nitrogens with one attached hydrogen (secondary N) is 1. The molecule has 0 heterocycles. The minimum absolute atomic E-state index is 0.176. The van der Waals surface area contributed by atoms with E-state index in [1.54, 1.807) is 20.1 Å². The van der Waals surface area contributed by atoms with Gasteiger partial charge in [-0.3, -0.25) is 4.79 Å². The summed E-state index contributed by atoms with van der Waals surface area (Å²) in [5.74, 6) is 0.111. The van der Waals surface area contributed by atoms with Gasteiger partial charge in [0.1, 0.15) is 5.75 Å². The van der Waals surface area contributed by atoms with E-state index < -0.39 is 0 Å². The third-order valence-corrected chi connectivity index (χ3v) is 4.81. The molecule has 0 radical (unpaired) electrons. The van der Waals surface area contributed by atoms with Gasteiger partial charge in [-0.1, -0.05) is 18.2 Å². The highest BCUT2D eigenvalue weighted by Crippen LogP contribution is 2.28. The van der Waals surface area contributed by atoms with Crippen molar-refractivity contribution in [1.29, 1.82) is 0 Å². The molecule has 3 aromatic carbocycles. The lowest BCUT2D eigenvalue weighted by molar-refractivity contribution is -0.140. The van der Waals surface area contributed by atoms with E-state index in [1.165, 1.54) is 7.11 Å². The smallest absolute Gasteiger partial charge is 0.338 e. The maximum atomic E-state index is 12.0. The lowest BCUT2D eigenvalue weighted by Crippen LogP contribution is -2.16. The second-order valence-corrected chi connectivity index (χ2v) is 6.75. The Morgan fingerprint density at radius 1 is 0.933 bits per heavy atom. The molecular formula is C24H25NO5. The number of carbonyl (C=O) groups excluding carboxylic acids is 2. The molecule has 1 N–H and O–H groups in total. The number of hydrogen-bond donors (Lipinski definition) is 1. The number of esters is 2. The predicted molar refractivity (Wildman–Crippen MR) is 116 cm³/mol. The monoisotopic (exact) mass is 407 g/mol. The van der Waals surface area contributed by atoms with E-state index in [0.29, 0.717) is 12.2 Å². The van der Waals surface area contributed by atoms with Crippen LogP contribution in [0.25, 0.3) is 10.8 Å². The van der Waals surface area contributed by atoms with Crippen LogP contribution in [-0.2, 0) is 14.3 Å². The summed E-state index contributed by atoms with van der Waals surface area (Å²) in [7, 11) is 3.00. The Hall–Kier alpha value is -3.54. The second-order valence-electron chi connectivity index (χ2n) is 6.75. The van der Waals surface area contributed by atoms with Gasteiger partial charge >= 0.3 is 11.9 Å². The van der Waals surface area contributed by atoms with Gasteiger partial charge in [-0.05, 0) is 65.7 Å². The first-order valence-corrected chi connectivity index (χ1v) is 9.72. The van der Waals surface area contributed by atoms with E-state index in [9.17, 15) is 9.59 Å². The summed E-state index contributed by atoms with van der Waals surface area (Å²) < 4.78 is 15.1. The van der Waals surface area contributed by atoms with Crippen LogP contribution in [0.5, 0.6) is 5.75 Å². The standard InChI is InChI=1S/C24H25NO5/c1-4-30-24(27)19-8-6-16-13-18(7-5-17(16)14-19)22(15-23(26)29-3)25-20-9-11-21(28-2)12-10-20/h5-14,22,25H,4,15H2,1-3H3. The predicted octanol–water partition coefficient (Wildman–Crippen LogP) is 4.74. The van der Waals surface area contributed by atoms with Gasteiger partial charge in [0.05, 0.1) is 38.9 Å². The highest BCUT2D eigenvalue weighted by Gasteiger charge is 2.17. The lowest BCUT2D eigenvalue weighted by atomic mass is 9.98. The number of fused-ring (bicyclic) bond motifs is 1. The fourth-order valence-electron chi connectivity index (χ4n) is 3.21. The Labute approximate surface area is 175 Å². The molecule has 0 saturated heterocycles. The van der Waals surface area contributed by atoms with Crippen LogP contribution < -0.4 is 10.1 Å². The minimum atomic E-state index is -0.340. The normalized spacial score (nSPS) is 11.6. The number of ether oxygens (including phenoxy) is 3. The number of rotatable bonds is 8. The number of hydrogen-bond acceptors (Lipinski definition) is 6. The first-order chi connectivity index (χ1) is 14.5. The molecule has 0 aliphatic heterocycles. The van der Waals surface area contributed by atoms with Gasteiger partial charge in [0, 0.05) is 5.69 Å². The van der Waals surface area contributed by atoms with E-state index >= 15 is 0 Å². The molecule has 156 valence electrons. The lowest BCUT2D eigenvalue weighted by Gasteiger charge is -2.20. The van der Waals surface area contributed by atoms with E-state index in [4.69, 9.17) is 14.2 Å². The van der Waals surface area contributed by atoms with Gasteiger partial charge < -0.3 is 19.5 Å². The van der Waals surface area contributed by atoms with Crippen LogP contribution in [0.3, 0.4) is 0 Å². The second kappa shape index (κ2) is 9.78. The van der Waals surface area contributed by atoms with E-state index in [0.717, 1.165) is 27.8 Å². The summed E-state index contributed by atoms with van der Waals surface area (Å²) in [5, 5.41) is 5.28.